The van der Waals surface area contributed by atoms with Crippen LogP contribution in [-0.4, -0.2) is 17.8 Å². The highest BCUT2D eigenvalue weighted by Gasteiger charge is 2.11. The highest BCUT2D eigenvalue weighted by molar-refractivity contribution is 7.99. The normalized spacial score (nSPS) is 11.1. The van der Waals surface area contributed by atoms with Gasteiger partial charge in [0.1, 0.15) is 11.3 Å². The first-order valence-corrected chi connectivity index (χ1v) is 7.82. The number of methoxy groups -OCH3 is 1. The summed E-state index contributed by atoms with van der Waals surface area (Å²) in [6.07, 6.45) is 1.16. The molecular weight excluding hydrogens is 266 g/mol. The van der Waals surface area contributed by atoms with Gasteiger partial charge in [0.2, 0.25) is 0 Å². The largest absolute Gasteiger partial charge is 0.494 e. The molecule has 0 spiro atoms. The molecule has 0 unspecified atom stereocenters. The molecule has 102 valence electrons. The van der Waals surface area contributed by atoms with Crippen LogP contribution in [0.5, 0.6) is 5.75 Å². The van der Waals surface area contributed by atoms with Gasteiger partial charge in [0.25, 0.3) is 0 Å². The number of thioether (sulfide) groups is 1. The van der Waals surface area contributed by atoms with Crippen LogP contribution >= 0.6 is 11.8 Å². The fraction of sp³-hybridized carbons (Fsp3) is 0.235. The predicted molar refractivity (Wildman–Crippen MR) is 86.8 cm³/mol. The van der Waals surface area contributed by atoms with Crippen molar-refractivity contribution in [2.24, 2.45) is 0 Å². The van der Waals surface area contributed by atoms with Crippen molar-refractivity contribution in [3.63, 3.8) is 0 Å². The Morgan fingerprint density at radius 3 is 2.65 bits per heavy atom. The van der Waals surface area contributed by atoms with E-state index in [0.29, 0.717) is 0 Å². The molecule has 0 aliphatic carbocycles. The lowest BCUT2D eigenvalue weighted by molar-refractivity contribution is 0.419. The zero-order valence-electron chi connectivity index (χ0n) is 11.7. The Balaban J connectivity index is 2.37. The summed E-state index contributed by atoms with van der Waals surface area (Å²) in [5.74, 6) is 1.95. The first kappa shape index (κ1) is 13.3. The second-order valence-electron chi connectivity index (χ2n) is 4.66. The highest BCUT2D eigenvalue weighted by atomic mass is 32.2. The van der Waals surface area contributed by atoms with E-state index in [1.54, 1.807) is 7.11 Å². The topological polar surface area (TPSA) is 22.1 Å². The first-order chi connectivity index (χ1) is 9.85. The molecule has 0 aliphatic rings. The van der Waals surface area contributed by atoms with E-state index in [-0.39, 0.29) is 0 Å². The Morgan fingerprint density at radius 2 is 1.85 bits per heavy atom. The molecule has 0 saturated carbocycles. The smallest absolute Gasteiger partial charge is 0.145 e. The molecule has 1 heterocycles. The van der Waals surface area contributed by atoms with Gasteiger partial charge in [-0.2, -0.15) is 0 Å². The lowest BCUT2D eigenvalue weighted by atomic mass is 10.1. The molecule has 0 aliphatic heterocycles. The molecule has 3 rings (SSSR count). The molecule has 0 fully saturated rings. The number of aromatic nitrogens is 1. The van der Waals surface area contributed by atoms with E-state index in [4.69, 9.17) is 9.72 Å². The molecular formula is C17H17NOS. The van der Waals surface area contributed by atoms with Gasteiger partial charge in [0.05, 0.1) is 12.6 Å². The van der Waals surface area contributed by atoms with Gasteiger partial charge in [0, 0.05) is 15.7 Å². The van der Waals surface area contributed by atoms with Gasteiger partial charge < -0.3 is 4.74 Å². The van der Waals surface area contributed by atoms with Crippen LogP contribution in [0.2, 0.25) is 0 Å². The van der Waals surface area contributed by atoms with Crippen molar-refractivity contribution >= 4 is 33.6 Å². The van der Waals surface area contributed by atoms with Crippen molar-refractivity contribution in [1.29, 1.82) is 0 Å². The monoisotopic (exact) mass is 283 g/mol. The average molecular weight is 283 g/mol. The van der Waals surface area contributed by atoms with Gasteiger partial charge in [-0.25, -0.2) is 4.98 Å². The number of fused-ring (bicyclic) bond motifs is 2. The standard InChI is InChI=1S/C17H17NOS/c1-3-11-20-17-12-7-4-5-9-14(12)18-16-13(17)8-6-10-15(16)19-2/h4-10H,3,11H2,1-2H3. The molecule has 0 N–H and O–H groups in total. The van der Waals surface area contributed by atoms with Crippen LogP contribution < -0.4 is 4.74 Å². The molecule has 3 heteroatoms. The number of hydrogen-bond acceptors (Lipinski definition) is 3. The first-order valence-electron chi connectivity index (χ1n) is 6.83. The van der Waals surface area contributed by atoms with Crippen LogP contribution in [0.1, 0.15) is 13.3 Å². The van der Waals surface area contributed by atoms with E-state index in [1.165, 1.54) is 15.7 Å². The molecule has 2 aromatic carbocycles. The summed E-state index contributed by atoms with van der Waals surface area (Å²) in [6, 6.07) is 14.5. The van der Waals surface area contributed by atoms with Crippen LogP contribution in [0, 0.1) is 0 Å². The second kappa shape index (κ2) is 5.71. The Morgan fingerprint density at radius 1 is 1.05 bits per heavy atom. The van der Waals surface area contributed by atoms with E-state index in [1.807, 2.05) is 30.0 Å². The molecule has 0 amide bonds. The summed E-state index contributed by atoms with van der Waals surface area (Å²) in [7, 11) is 1.70. The van der Waals surface area contributed by atoms with Crippen LogP contribution in [0.4, 0.5) is 0 Å². The maximum Gasteiger partial charge on any atom is 0.145 e. The third kappa shape index (κ3) is 2.22. The third-order valence-corrected chi connectivity index (χ3v) is 4.64. The van der Waals surface area contributed by atoms with Gasteiger partial charge >= 0.3 is 0 Å². The van der Waals surface area contributed by atoms with Crippen molar-refractivity contribution in [2.75, 3.05) is 12.9 Å². The number of ether oxygens (including phenoxy) is 1. The third-order valence-electron chi connectivity index (χ3n) is 3.29. The van der Waals surface area contributed by atoms with Crippen LogP contribution in [0.15, 0.2) is 47.4 Å². The van der Waals surface area contributed by atoms with Crippen LogP contribution in [0.3, 0.4) is 0 Å². The maximum atomic E-state index is 5.46. The van der Waals surface area contributed by atoms with Gasteiger partial charge in [0.15, 0.2) is 0 Å². The Labute approximate surface area is 123 Å². The lowest BCUT2D eigenvalue weighted by Crippen LogP contribution is -1.91. The van der Waals surface area contributed by atoms with Crippen molar-refractivity contribution in [3.05, 3.63) is 42.5 Å². The maximum absolute atomic E-state index is 5.46. The molecule has 0 bridgehead atoms. The number of nitrogens with zero attached hydrogens (tertiary/aromatic N) is 1. The minimum absolute atomic E-state index is 0.839. The summed E-state index contributed by atoms with van der Waals surface area (Å²) < 4.78 is 5.46. The highest BCUT2D eigenvalue weighted by Crippen LogP contribution is 2.37. The molecule has 1 aromatic heterocycles. The summed E-state index contributed by atoms with van der Waals surface area (Å²) in [4.78, 5) is 6.09. The number of hydrogen-bond donors (Lipinski definition) is 0. The van der Waals surface area contributed by atoms with Crippen molar-refractivity contribution in [2.45, 2.75) is 18.2 Å². The SMILES string of the molecule is CCCSc1c2ccccc2nc2c(OC)cccc12. The molecule has 0 saturated heterocycles. The zero-order chi connectivity index (χ0) is 13.9. The minimum Gasteiger partial charge on any atom is -0.494 e. The van der Waals surface area contributed by atoms with Crippen molar-refractivity contribution in [3.8, 4) is 5.75 Å². The second-order valence-corrected chi connectivity index (χ2v) is 5.77. The van der Waals surface area contributed by atoms with Gasteiger partial charge in [-0.3, -0.25) is 0 Å². The summed E-state index contributed by atoms with van der Waals surface area (Å²) >= 11 is 1.90. The number of rotatable bonds is 4. The Kier molecular flexibility index (Phi) is 3.79. The fourth-order valence-corrected chi connectivity index (χ4v) is 3.43. The quantitative estimate of drug-likeness (QED) is 0.502. The summed E-state index contributed by atoms with van der Waals surface area (Å²) in [5.41, 5.74) is 1.98. The van der Waals surface area contributed by atoms with E-state index in [2.05, 4.69) is 31.2 Å². The molecule has 0 atom stereocenters. The number of benzene rings is 2. The van der Waals surface area contributed by atoms with Gasteiger partial charge in [-0.1, -0.05) is 37.3 Å². The summed E-state index contributed by atoms with van der Waals surface area (Å²) in [5, 5.41) is 2.41. The van der Waals surface area contributed by atoms with Crippen molar-refractivity contribution in [1.82, 2.24) is 4.98 Å². The van der Waals surface area contributed by atoms with Crippen LogP contribution in [-0.2, 0) is 0 Å². The molecule has 2 nitrogen and oxygen atoms in total. The number of pyridine rings is 1. The van der Waals surface area contributed by atoms with Crippen LogP contribution in [0.25, 0.3) is 21.8 Å². The van der Waals surface area contributed by atoms with E-state index in [9.17, 15) is 0 Å². The van der Waals surface area contributed by atoms with E-state index in [0.717, 1.165) is 29.0 Å². The van der Waals surface area contributed by atoms with Crippen molar-refractivity contribution < 1.29 is 4.74 Å². The van der Waals surface area contributed by atoms with Gasteiger partial charge in [-0.05, 0) is 24.3 Å². The molecule has 20 heavy (non-hydrogen) atoms. The Bertz CT molecular complexity index is 754. The zero-order valence-corrected chi connectivity index (χ0v) is 12.5. The summed E-state index contributed by atoms with van der Waals surface area (Å²) in [6.45, 7) is 2.21. The minimum atomic E-state index is 0.839. The molecule has 3 aromatic rings. The fourth-order valence-electron chi connectivity index (χ4n) is 2.37. The van der Waals surface area contributed by atoms with Gasteiger partial charge in [-0.15, -0.1) is 11.8 Å². The average Bonchev–Trinajstić information content (AvgIpc) is 2.51. The lowest BCUT2D eigenvalue weighted by Gasteiger charge is -2.12. The molecule has 0 radical (unpaired) electrons. The predicted octanol–water partition coefficient (Wildman–Crippen LogP) is 4.90. The number of para-hydroxylation sites is 2. The van der Waals surface area contributed by atoms with E-state index >= 15 is 0 Å². The Hall–Kier alpha value is -1.74. The van der Waals surface area contributed by atoms with E-state index < -0.39 is 0 Å².